The van der Waals surface area contributed by atoms with Crippen molar-refractivity contribution in [2.24, 2.45) is 0 Å². The molecule has 3 rings (SSSR count). The van der Waals surface area contributed by atoms with Gasteiger partial charge in [0.2, 0.25) is 0 Å². The van der Waals surface area contributed by atoms with Gasteiger partial charge in [-0.1, -0.05) is 70.0 Å². The minimum Gasteiger partial charge on any atom is -0.490 e. The Bertz CT molecular complexity index is 1210. The lowest BCUT2D eigenvalue weighted by Crippen LogP contribution is -2.25. The van der Waals surface area contributed by atoms with Crippen LogP contribution in [-0.4, -0.2) is 19.1 Å². The Morgan fingerprint density at radius 1 is 1.06 bits per heavy atom. The molecule has 35 heavy (non-hydrogen) atoms. The third-order valence-corrected chi connectivity index (χ3v) is 6.04. The summed E-state index contributed by atoms with van der Waals surface area (Å²) >= 11 is 9.47. The van der Waals surface area contributed by atoms with Crippen LogP contribution in [0.1, 0.15) is 30.0 Å². The molecule has 180 valence electrons. The minimum atomic E-state index is -0.409. The summed E-state index contributed by atoms with van der Waals surface area (Å²) in [4.78, 5) is 12.6. The van der Waals surface area contributed by atoms with Gasteiger partial charge in [0, 0.05) is 16.0 Å². The lowest BCUT2D eigenvalue weighted by atomic mass is 10.1. The predicted octanol–water partition coefficient (Wildman–Crippen LogP) is 6.74. The first-order valence-corrected chi connectivity index (χ1v) is 12.4. The number of ether oxygens (including phenoxy) is 2. The van der Waals surface area contributed by atoms with E-state index in [1.165, 1.54) is 5.56 Å². The number of nitriles is 1. The highest BCUT2D eigenvalue weighted by molar-refractivity contribution is 9.10. The molecule has 1 N–H and O–H groups in total. The third-order valence-electron chi connectivity index (χ3n) is 5.11. The van der Waals surface area contributed by atoms with Crippen LogP contribution in [0.5, 0.6) is 11.5 Å². The molecule has 0 aromatic heterocycles. The Morgan fingerprint density at radius 2 is 1.77 bits per heavy atom. The summed E-state index contributed by atoms with van der Waals surface area (Å²) in [6, 6.07) is 23.0. The molecule has 0 heterocycles. The Balaban J connectivity index is 1.68. The fraction of sp³-hybridized carbons (Fsp3) is 0.214. The van der Waals surface area contributed by atoms with Crippen molar-refractivity contribution in [2.45, 2.75) is 26.4 Å². The molecule has 5 nitrogen and oxygen atoms in total. The molecule has 0 fully saturated rings. The second kappa shape index (κ2) is 13.6. The first-order chi connectivity index (χ1) is 17.0. The molecule has 0 radical (unpaired) electrons. The fourth-order valence-corrected chi connectivity index (χ4v) is 3.89. The van der Waals surface area contributed by atoms with Crippen LogP contribution >= 0.6 is 27.5 Å². The molecule has 3 aromatic carbocycles. The number of amides is 1. The topological polar surface area (TPSA) is 71.3 Å². The van der Waals surface area contributed by atoms with Crippen LogP contribution in [0.2, 0.25) is 5.02 Å². The summed E-state index contributed by atoms with van der Waals surface area (Å²) < 4.78 is 12.4. The Morgan fingerprint density at radius 3 is 2.46 bits per heavy atom. The SMILES string of the molecule is CCOc1cc(/C=C(/C#N)C(=O)NCCCc2ccccc2)c(Br)cc1OCc1ccc(Cl)cc1. The van der Waals surface area contributed by atoms with Gasteiger partial charge in [-0.15, -0.1) is 0 Å². The minimum absolute atomic E-state index is 0.0164. The smallest absolute Gasteiger partial charge is 0.261 e. The lowest BCUT2D eigenvalue weighted by molar-refractivity contribution is -0.117. The van der Waals surface area contributed by atoms with Gasteiger partial charge in [0.05, 0.1) is 6.61 Å². The van der Waals surface area contributed by atoms with Crippen molar-refractivity contribution in [3.8, 4) is 17.6 Å². The van der Waals surface area contributed by atoms with E-state index < -0.39 is 5.91 Å². The van der Waals surface area contributed by atoms with Crippen molar-refractivity contribution < 1.29 is 14.3 Å². The van der Waals surface area contributed by atoms with Gasteiger partial charge in [0.25, 0.3) is 5.91 Å². The standard InChI is InChI=1S/C28H26BrClN2O3/c1-2-34-26-16-22(25(29)17-27(26)35-19-21-10-12-24(30)13-11-21)15-23(18-31)28(33)32-14-6-9-20-7-4-3-5-8-20/h3-5,7-8,10-13,15-17H,2,6,9,14,19H2,1H3,(H,32,33)/b23-15-. The molecule has 0 aliphatic rings. The number of halogens is 2. The molecule has 3 aromatic rings. The van der Waals surface area contributed by atoms with Crippen LogP contribution in [0.4, 0.5) is 0 Å². The van der Waals surface area contributed by atoms with Gasteiger partial charge in [0.1, 0.15) is 18.2 Å². The van der Waals surface area contributed by atoms with Crippen LogP contribution in [0.3, 0.4) is 0 Å². The Kier molecular flexibility index (Phi) is 10.2. The molecule has 0 unspecified atom stereocenters. The normalized spacial score (nSPS) is 11.0. The largest absolute Gasteiger partial charge is 0.490 e. The molecule has 0 saturated heterocycles. The van der Waals surface area contributed by atoms with E-state index in [1.54, 1.807) is 18.2 Å². The van der Waals surface area contributed by atoms with E-state index in [0.29, 0.717) is 46.3 Å². The number of carbonyl (C=O) groups is 1. The van der Waals surface area contributed by atoms with E-state index in [4.69, 9.17) is 21.1 Å². The van der Waals surface area contributed by atoms with E-state index in [0.717, 1.165) is 18.4 Å². The summed E-state index contributed by atoms with van der Waals surface area (Å²) in [7, 11) is 0. The number of rotatable bonds is 11. The van der Waals surface area contributed by atoms with Crippen molar-refractivity contribution in [1.29, 1.82) is 5.26 Å². The number of benzene rings is 3. The van der Waals surface area contributed by atoms with E-state index in [1.807, 2.05) is 55.5 Å². The number of hydrogen-bond acceptors (Lipinski definition) is 4. The average molecular weight is 554 g/mol. The molecule has 0 aliphatic carbocycles. The van der Waals surface area contributed by atoms with Crippen LogP contribution in [0, 0.1) is 11.3 Å². The van der Waals surface area contributed by atoms with Gasteiger partial charge >= 0.3 is 0 Å². The fourth-order valence-electron chi connectivity index (χ4n) is 3.32. The highest BCUT2D eigenvalue weighted by atomic mass is 79.9. The molecule has 7 heteroatoms. The maximum absolute atomic E-state index is 12.6. The molecule has 0 saturated carbocycles. The number of nitrogens with one attached hydrogen (secondary N) is 1. The average Bonchev–Trinajstić information content (AvgIpc) is 2.87. The maximum atomic E-state index is 12.6. The van der Waals surface area contributed by atoms with Gasteiger partial charge in [-0.05, 0) is 66.8 Å². The van der Waals surface area contributed by atoms with Crippen molar-refractivity contribution in [2.75, 3.05) is 13.2 Å². The number of nitrogens with zero attached hydrogens (tertiary/aromatic N) is 1. The summed E-state index contributed by atoms with van der Waals surface area (Å²) in [6.45, 7) is 3.14. The monoisotopic (exact) mass is 552 g/mol. The van der Waals surface area contributed by atoms with Gasteiger partial charge in [-0.3, -0.25) is 4.79 Å². The lowest BCUT2D eigenvalue weighted by Gasteiger charge is -2.14. The molecular weight excluding hydrogens is 528 g/mol. The highest BCUT2D eigenvalue weighted by Crippen LogP contribution is 2.35. The van der Waals surface area contributed by atoms with Crippen molar-refractivity contribution in [3.05, 3.63) is 98.5 Å². The Labute approximate surface area is 219 Å². The van der Waals surface area contributed by atoms with Gasteiger partial charge in [-0.2, -0.15) is 5.26 Å². The summed E-state index contributed by atoms with van der Waals surface area (Å²) in [6.07, 6.45) is 3.18. The van der Waals surface area contributed by atoms with E-state index in [2.05, 4.69) is 33.4 Å². The van der Waals surface area contributed by atoms with Crippen molar-refractivity contribution in [1.82, 2.24) is 5.32 Å². The first-order valence-electron chi connectivity index (χ1n) is 11.3. The van der Waals surface area contributed by atoms with Gasteiger partial charge in [0.15, 0.2) is 11.5 Å². The summed E-state index contributed by atoms with van der Waals surface area (Å²) in [5, 5.41) is 13.1. The van der Waals surface area contributed by atoms with Gasteiger partial charge in [-0.25, -0.2) is 0 Å². The number of carbonyl (C=O) groups excluding carboxylic acids is 1. The van der Waals surface area contributed by atoms with Gasteiger partial charge < -0.3 is 14.8 Å². The zero-order valence-electron chi connectivity index (χ0n) is 19.4. The van der Waals surface area contributed by atoms with Crippen LogP contribution in [0.25, 0.3) is 6.08 Å². The number of hydrogen-bond donors (Lipinski definition) is 1. The van der Waals surface area contributed by atoms with Crippen LogP contribution in [-0.2, 0) is 17.8 Å². The number of aryl methyl sites for hydroxylation is 1. The molecule has 0 aliphatic heterocycles. The zero-order valence-corrected chi connectivity index (χ0v) is 21.7. The molecule has 0 bridgehead atoms. The van der Waals surface area contributed by atoms with E-state index >= 15 is 0 Å². The van der Waals surface area contributed by atoms with Crippen LogP contribution < -0.4 is 14.8 Å². The third kappa shape index (κ3) is 8.17. The molecule has 0 spiro atoms. The second-order valence-corrected chi connectivity index (χ2v) is 8.97. The Hall–Kier alpha value is -3.27. The van der Waals surface area contributed by atoms with Crippen molar-refractivity contribution >= 4 is 39.5 Å². The quantitative estimate of drug-likeness (QED) is 0.162. The summed E-state index contributed by atoms with van der Waals surface area (Å²) in [5.41, 5.74) is 2.84. The predicted molar refractivity (Wildman–Crippen MR) is 142 cm³/mol. The van der Waals surface area contributed by atoms with E-state index in [-0.39, 0.29) is 5.57 Å². The highest BCUT2D eigenvalue weighted by Gasteiger charge is 2.14. The maximum Gasteiger partial charge on any atom is 0.261 e. The van der Waals surface area contributed by atoms with Crippen LogP contribution in [0.15, 0.2) is 76.8 Å². The molecule has 1 amide bonds. The molecule has 0 atom stereocenters. The second-order valence-electron chi connectivity index (χ2n) is 7.68. The summed E-state index contributed by atoms with van der Waals surface area (Å²) in [5.74, 6) is 0.666. The van der Waals surface area contributed by atoms with E-state index in [9.17, 15) is 10.1 Å². The zero-order chi connectivity index (χ0) is 25.0. The van der Waals surface area contributed by atoms with Crippen molar-refractivity contribution in [3.63, 3.8) is 0 Å². The first kappa shape index (κ1) is 26.3. The molecular formula is C28H26BrClN2O3.